The molecule has 3 rings (SSSR count). The molecule has 106 valence electrons. The fourth-order valence-corrected chi connectivity index (χ4v) is 3.01. The van der Waals surface area contributed by atoms with Crippen LogP contribution in [0.4, 0.5) is 0 Å². The molecule has 20 heavy (non-hydrogen) atoms. The Hall–Kier alpha value is -1.73. The Labute approximate surface area is 121 Å². The van der Waals surface area contributed by atoms with Gasteiger partial charge < -0.3 is 5.32 Å². The molecule has 6 nitrogen and oxygen atoms in total. The van der Waals surface area contributed by atoms with Gasteiger partial charge in [-0.15, -0.1) is 5.10 Å². The van der Waals surface area contributed by atoms with Crippen molar-refractivity contribution in [1.82, 2.24) is 25.2 Å². The highest BCUT2D eigenvalue weighted by Crippen LogP contribution is 2.26. The lowest BCUT2D eigenvalue weighted by Crippen LogP contribution is -2.45. The van der Waals surface area contributed by atoms with Gasteiger partial charge >= 0.3 is 0 Å². The number of carbonyl (C=O) groups excluding carboxylic acids is 1. The third-order valence-electron chi connectivity index (χ3n) is 3.55. The van der Waals surface area contributed by atoms with Crippen molar-refractivity contribution in [3.63, 3.8) is 0 Å². The van der Waals surface area contributed by atoms with Gasteiger partial charge in [-0.3, -0.25) is 14.4 Å². The molecule has 1 saturated heterocycles. The summed E-state index contributed by atoms with van der Waals surface area (Å²) in [5.74, 6) is -0.168. The lowest BCUT2D eigenvalue weighted by atomic mass is 10.0. The normalized spacial score (nSPS) is 16.6. The first kappa shape index (κ1) is 13.3. The van der Waals surface area contributed by atoms with Crippen LogP contribution in [0, 0.1) is 0 Å². The Bertz CT molecular complexity index is 575. The zero-order valence-corrected chi connectivity index (χ0v) is 12.1. The number of hydrogen-bond donors (Lipinski definition) is 1. The van der Waals surface area contributed by atoms with Crippen molar-refractivity contribution in [1.29, 1.82) is 0 Å². The SMILES string of the molecule is Cn1cc(C(=O)NC[C@@H](c2ccsc2)N2CCC2)nn1. The smallest absolute Gasteiger partial charge is 0.273 e. The Balaban J connectivity index is 1.63. The third-order valence-corrected chi connectivity index (χ3v) is 4.25. The van der Waals surface area contributed by atoms with Crippen LogP contribution in [0.5, 0.6) is 0 Å². The van der Waals surface area contributed by atoms with Crippen LogP contribution in [0.2, 0.25) is 0 Å². The van der Waals surface area contributed by atoms with Crippen LogP contribution in [-0.4, -0.2) is 45.4 Å². The number of amides is 1. The van der Waals surface area contributed by atoms with Crippen molar-refractivity contribution in [3.8, 4) is 0 Å². The van der Waals surface area contributed by atoms with E-state index in [1.54, 1.807) is 24.6 Å². The first-order chi connectivity index (χ1) is 9.74. The molecule has 1 aliphatic heterocycles. The molecule has 1 fully saturated rings. The molecule has 1 amide bonds. The number of likely N-dealkylation sites (tertiary alicyclic amines) is 1. The standard InChI is InChI=1S/C13H17N5OS/c1-17-8-11(15-16-17)13(19)14-7-12(18-4-2-5-18)10-3-6-20-9-10/h3,6,8-9,12H,2,4-5,7H2,1H3,(H,14,19)/t12-/m0/s1. The molecule has 3 heterocycles. The zero-order valence-electron chi connectivity index (χ0n) is 11.3. The maximum absolute atomic E-state index is 12.0. The van der Waals surface area contributed by atoms with Crippen molar-refractivity contribution in [3.05, 3.63) is 34.3 Å². The molecule has 0 unspecified atom stereocenters. The second kappa shape index (κ2) is 5.72. The van der Waals surface area contributed by atoms with Gasteiger partial charge in [0.15, 0.2) is 5.69 Å². The number of hydrogen-bond acceptors (Lipinski definition) is 5. The van der Waals surface area contributed by atoms with Gasteiger partial charge in [0.05, 0.1) is 12.2 Å². The van der Waals surface area contributed by atoms with Crippen LogP contribution < -0.4 is 5.32 Å². The Kier molecular flexibility index (Phi) is 3.79. The average Bonchev–Trinajstić information content (AvgIpc) is 3.02. The Morgan fingerprint density at radius 1 is 1.55 bits per heavy atom. The van der Waals surface area contributed by atoms with E-state index in [2.05, 4.69) is 37.4 Å². The van der Waals surface area contributed by atoms with E-state index in [9.17, 15) is 4.79 Å². The van der Waals surface area contributed by atoms with E-state index in [0.29, 0.717) is 12.2 Å². The van der Waals surface area contributed by atoms with E-state index >= 15 is 0 Å². The van der Waals surface area contributed by atoms with Gasteiger partial charge in [0.2, 0.25) is 0 Å². The van der Waals surface area contributed by atoms with Crippen LogP contribution in [0.25, 0.3) is 0 Å². The number of thiophene rings is 1. The second-order valence-electron chi connectivity index (χ2n) is 4.95. The average molecular weight is 291 g/mol. The molecule has 2 aromatic rings. The highest BCUT2D eigenvalue weighted by Gasteiger charge is 2.26. The van der Waals surface area contributed by atoms with Crippen LogP contribution >= 0.6 is 11.3 Å². The highest BCUT2D eigenvalue weighted by atomic mass is 32.1. The second-order valence-corrected chi connectivity index (χ2v) is 5.73. The lowest BCUT2D eigenvalue weighted by molar-refractivity contribution is 0.0881. The first-order valence-electron chi connectivity index (χ1n) is 6.65. The Morgan fingerprint density at radius 3 is 2.95 bits per heavy atom. The molecular weight excluding hydrogens is 274 g/mol. The Morgan fingerprint density at radius 2 is 2.40 bits per heavy atom. The molecule has 0 spiro atoms. The predicted octanol–water partition coefficient (Wildman–Crippen LogP) is 1.05. The van der Waals surface area contributed by atoms with E-state index in [0.717, 1.165) is 13.1 Å². The van der Waals surface area contributed by atoms with Crippen molar-refractivity contribution in [2.24, 2.45) is 7.05 Å². The summed E-state index contributed by atoms with van der Waals surface area (Å²) in [6.45, 7) is 2.80. The summed E-state index contributed by atoms with van der Waals surface area (Å²) in [6, 6.07) is 2.39. The number of aryl methyl sites for hydroxylation is 1. The summed E-state index contributed by atoms with van der Waals surface area (Å²) >= 11 is 1.69. The number of carbonyl (C=O) groups is 1. The maximum Gasteiger partial charge on any atom is 0.273 e. The van der Waals surface area contributed by atoms with Gasteiger partial charge in [0.25, 0.3) is 5.91 Å². The summed E-state index contributed by atoms with van der Waals surface area (Å²) in [6.07, 6.45) is 2.86. The molecule has 1 atom stereocenters. The van der Waals surface area contributed by atoms with Gasteiger partial charge in [0.1, 0.15) is 0 Å². The molecule has 0 saturated carbocycles. The fourth-order valence-electron chi connectivity index (χ4n) is 2.31. The zero-order chi connectivity index (χ0) is 13.9. The van der Waals surface area contributed by atoms with Gasteiger partial charge in [-0.25, -0.2) is 0 Å². The van der Waals surface area contributed by atoms with Gasteiger partial charge in [0, 0.05) is 26.7 Å². The van der Waals surface area contributed by atoms with E-state index in [-0.39, 0.29) is 11.9 Å². The van der Waals surface area contributed by atoms with Crippen LogP contribution in [0.15, 0.2) is 23.0 Å². The minimum Gasteiger partial charge on any atom is -0.349 e. The molecule has 7 heteroatoms. The minimum absolute atomic E-state index is 0.168. The third kappa shape index (κ3) is 2.73. The number of aromatic nitrogens is 3. The molecule has 0 bridgehead atoms. The lowest BCUT2D eigenvalue weighted by Gasteiger charge is -2.38. The molecule has 0 aromatic carbocycles. The van der Waals surface area contributed by atoms with Gasteiger partial charge in [-0.1, -0.05) is 5.21 Å². The molecule has 2 aromatic heterocycles. The highest BCUT2D eigenvalue weighted by molar-refractivity contribution is 7.07. The number of nitrogens with zero attached hydrogens (tertiary/aromatic N) is 4. The van der Waals surface area contributed by atoms with Crippen LogP contribution in [0.3, 0.4) is 0 Å². The summed E-state index contributed by atoms with van der Waals surface area (Å²) in [7, 11) is 1.75. The summed E-state index contributed by atoms with van der Waals surface area (Å²) in [5.41, 5.74) is 1.63. The molecule has 0 aliphatic carbocycles. The first-order valence-corrected chi connectivity index (χ1v) is 7.59. The van der Waals surface area contributed by atoms with E-state index in [4.69, 9.17) is 0 Å². The van der Waals surface area contributed by atoms with Crippen molar-refractivity contribution >= 4 is 17.2 Å². The number of rotatable bonds is 5. The summed E-state index contributed by atoms with van der Waals surface area (Å²) in [4.78, 5) is 14.4. The monoisotopic (exact) mass is 291 g/mol. The van der Waals surface area contributed by atoms with Gasteiger partial charge in [-0.2, -0.15) is 11.3 Å². The van der Waals surface area contributed by atoms with E-state index in [1.807, 2.05) is 0 Å². The largest absolute Gasteiger partial charge is 0.349 e. The molecule has 1 N–H and O–H groups in total. The van der Waals surface area contributed by atoms with Crippen molar-refractivity contribution < 1.29 is 4.79 Å². The fraction of sp³-hybridized carbons (Fsp3) is 0.462. The van der Waals surface area contributed by atoms with Crippen LogP contribution in [0.1, 0.15) is 28.5 Å². The van der Waals surface area contributed by atoms with Crippen molar-refractivity contribution in [2.75, 3.05) is 19.6 Å². The molecule has 1 aliphatic rings. The molecule has 0 radical (unpaired) electrons. The van der Waals surface area contributed by atoms with Gasteiger partial charge in [-0.05, 0) is 28.8 Å². The van der Waals surface area contributed by atoms with Crippen molar-refractivity contribution in [2.45, 2.75) is 12.5 Å². The predicted molar refractivity (Wildman–Crippen MR) is 76.6 cm³/mol. The number of nitrogens with one attached hydrogen (secondary N) is 1. The summed E-state index contributed by atoms with van der Waals surface area (Å²) in [5, 5.41) is 14.8. The minimum atomic E-state index is -0.168. The van der Waals surface area contributed by atoms with E-state index in [1.165, 1.54) is 16.7 Å². The summed E-state index contributed by atoms with van der Waals surface area (Å²) < 4.78 is 1.53. The quantitative estimate of drug-likeness (QED) is 0.894. The molecular formula is C13H17N5OS. The topological polar surface area (TPSA) is 63.1 Å². The van der Waals surface area contributed by atoms with Crippen LogP contribution in [-0.2, 0) is 7.05 Å². The maximum atomic E-state index is 12.0. The van der Waals surface area contributed by atoms with E-state index < -0.39 is 0 Å².